The zero-order chi connectivity index (χ0) is 19.8. The number of carbonyl (C=O) groups excluding carboxylic acids is 2. The number of ether oxygens (including phenoxy) is 1. The first-order valence-electron chi connectivity index (χ1n) is 9.97. The van der Waals surface area contributed by atoms with Crippen LogP contribution in [0.25, 0.3) is 0 Å². The molecule has 1 aliphatic heterocycles. The van der Waals surface area contributed by atoms with Gasteiger partial charge in [-0.2, -0.15) is 0 Å². The highest BCUT2D eigenvalue weighted by Crippen LogP contribution is 2.22. The van der Waals surface area contributed by atoms with Crippen LogP contribution in [0.2, 0.25) is 0 Å². The molecule has 28 heavy (non-hydrogen) atoms. The molecule has 2 aromatic carbocycles. The summed E-state index contributed by atoms with van der Waals surface area (Å²) in [5.41, 5.74) is 2.97. The average Bonchev–Trinajstić information content (AvgIpc) is 2.74. The van der Waals surface area contributed by atoms with Gasteiger partial charge in [-0.3, -0.25) is 9.59 Å². The number of hydrogen-bond donors (Lipinski definition) is 1. The van der Waals surface area contributed by atoms with Crippen molar-refractivity contribution in [3.63, 3.8) is 0 Å². The van der Waals surface area contributed by atoms with Gasteiger partial charge < -0.3 is 15.0 Å². The topological polar surface area (TPSA) is 58.6 Å². The minimum Gasteiger partial charge on any atom is -0.456 e. The molecule has 1 fully saturated rings. The van der Waals surface area contributed by atoms with Gasteiger partial charge in [0.2, 0.25) is 0 Å². The number of anilines is 2. The van der Waals surface area contributed by atoms with Crippen LogP contribution in [0.4, 0.5) is 11.4 Å². The number of nitrogens with one attached hydrogen (secondary N) is 1. The summed E-state index contributed by atoms with van der Waals surface area (Å²) in [7, 11) is 0. The molecule has 148 valence electrons. The van der Waals surface area contributed by atoms with Crippen LogP contribution in [0.1, 0.15) is 44.1 Å². The molecule has 1 saturated heterocycles. The quantitative estimate of drug-likeness (QED) is 0.726. The SMILES string of the molecule is C[C@@H](CC(=O)OCC(=O)Nc1ccc(N2CCCCC2)cc1)c1ccccc1. The van der Waals surface area contributed by atoms with Gasteiger partial charge in [0, 0.05) is 24.5 Å². The van der Waals surface area contributed by atoms with Crippen molar-refractivity contribution < 1.29 is 14.3 Å². The second-order valence-electron chi connectivity index (χ2n) is 7.32. The van der Waals surface area contributed by atoms with Gasteiger partial charge in [0.1, 0.15) is 0 Å². The highest BCUT2D eigenvalue weighted by atomic mass is 16.5. The zero-order valence-electron chi connectivity index (χ0n) is 16.4. The van der Waals surface area contributed by atoms with E-state index >= 15 is 0 Å². The minimum absolute atomic E-state index is 0.0547. The third kappa shape index (κ3) is 5.84. The molecule has 1 atom stereocenters. The number of benzene rings is 2. The Morgan fingerprint density at radius 1 is 1.00 bits per heavy atom. The van der Waals surface area contributed by atoms with Crippen LogP contribution in [-0.4, -0.2) is 31.6 Å². The smallest absolute Gasteiger partial charge is 0.306 e. The van der Waals surface area contributed by atoms with E-state index in [0.29, 0.717) is 5.69 Å². The summed E-state index contributed by atoms with van der Waals surface area (Å²) in [5.74, 6) is -0.641. The summed E-state index contributed by atoms with van der Waals surface area (Å²) in [4.78, 5) is 26.4. The van der Waals surface area contributed by atoms with Crippen LogP contribution in [0.3, 0.4) is 0 Å². The van der Waals surface area contributed by atoms with Crippen LogP contribution in [0.5, 0.6) is 0 Å². The minimum atomic E-state index is -0.369. The van der Waals surface area contributed by atoms with Crippen molar-refractivity contribution in [2.45, 2.75) is 38.5 Å². The molecule has 0 saturated carbocycles. The van der Waals surface area contributed by atoms with E-state index in [2.05, 4.69) is 10.2 Å². The van der Waals surface area contributed by atoms with E-state index in [1.165, 1.54) is 24.9 Å². The largest absolute Gasteiger partial charge is 0.456 e. The van der Waals surface area contributed by atoms with E-state index in [0.717, 1.165) is 18.7 Å². The Hall–Kier alpha value is -2.82. The fourth-order valence-corrected chi connectivity index (χ4v) is 3.46. The van der Waals surface area contributed by atoms with E-state index in [1.807, 2.05) is 61.5 Å². The number of carbonyl (C=O) groups is 2. The maximum absolute atomic E-state index is 12.1. The molecule has 0 unspecified atom stereocenters. The Morgan fingerprint density at radius 2 is 1.68 bits per heavy atom. The average molecular weight is 380 g/mol. The van der Waals surface area contributed by atoms with Crippen LogP contribution < -0.4 is 10.2 Å². The molecule has 3 rings (SSSR count). The van der Waals surface area contributed by atoms with Gasteiger partial charge in [-0.05, 0) is 55.0 Å². The van der Waals surface area contributed by atoms with E-state index < -0.39 is 0 Å². The molecular formula is C23H28N2O3. The molecule has 0 bridgehead atoms. The van der Waals surface area contributed by atoms with E-state index in [9.17, 15) is 9.59 Å². The predicted octanol–water partition coefficient (Wildman–Crippen LogP) is 4.35. The van der Waals surface area contributed by atoms with Crippen molar-refractivity contribution in [3.05, 3.63) is 60.2 Å². The monoisotopic (exact) mass is 380 g/mol. The molecule has 1 aliphatic rings. The second kappa shape index (κ2) is 9.93. The van der Waals surface area contributed by atoms with Crippen LogP contribution in [0, 0.1) is 0 Å². The molecule has 2 aromatic rings. The van der Waals surface area contributed by atoms with E-state index in [4.69, 9.17) is 4.74 Å². The van der Waals surface area contributed by atoms with Gasteiger partial charge in [-0.15, -0.1) is 0 Å². The highest BCUT2D eigenvalue weighted by molar-refractivity contribution is 5.93. The van der Waals surface area contributed by atoms with Gasteiger partial charge in [0.25, 0.3) is 5.91 Å². The maximum Gasteiger partial charge on any atom is 0.306 e. The van der Waals surface area contributed by atoms with Gasteiger partial charge >= 0.3 is 5.97 Å². The molecular weight excluding hydrogens is 352 g/mol. The van der Waals surface area contributed by atoms with E-state index in [-0.39, 0.29) is 30.8 Å². The van der Waals surface area contributed by atoms with Crippen molar-refractivity contribution in [1.82, 2.24) is 0 Å². The summed E-state index contributed by atoms with van der Waals surface area (Å²) >= 11 is 0. The first-order valence-corrected chi connectivity index (χ1v) is 9.97. The molecule has 0 radical (unpaired) electrons. The first-order chi connectivity index (χ1) is 13.6. The van der Waals surface area contributed by atoms with Crippen LogP contribution in [0.15, 0.2) is 54.6 Å². The van der Waals surface area contributed by atoms with Crippen molar-refractivity contribution in [3.8, 4) is 0 Å². The normalized spacial score (nSPS) is 15.0. The standard InChI is InChI=1S/C23H28N2O3/c1-18(19-8-4-2-5-9-19)16-23(27)28-17-22(26)24-20-10-12-21(13-11-20)25-14-6-3-7-15-25/h2,4-5,8-13,18H,3,6-7,14-17H2,1H3,(H,24,26)/t18-/m0/s1. The summed E-state index contributed by atoms with van der Waals surface area (Å²) in [6, 6.07) is 17.6. The van der Waals surface area contributed by atoms with Crippen molar-refractivity contribution in [2.24, 2.45) is 0 Å². The predicted molar refractivity (Wildman–Crippen MR) is 112 cm³/mol. The molecule has 0 spiro atoms. The molecule has 0 aromatic heterocycles. The van der Waals surface area contributed by atoms with Crippen LogP contribution >= 0.6 is 0 Å². The fourth-order valence-electron chi connectivity index (χ4n) is 3.46. The number of nitrogens with zero attached hydrogens (tertiary/aromatic N) is 1. The molecule has 0 aliphatic carbocycles. The van der Waals surface area contributed by atoms with Crippen molar-refractivity contribution in [1.29, 1.82) is 0 Å². The summed E-state index contributed by atoms with van der Waals surface area (Å²) < 4.78 is 5.13. The number of hydrogen-bond acceptors (Lipinski definition) is 4. The Morgan fingerprint density at radius 3 is 2.36 bits per heavy atom. The molecule has 5 nitrogen and oxygen atoms in total. The number of esters is 1. The van der Waals surface area contributed by atoms with E-state index in [1.54, 1.807) is 0 Å². The lowest BCUT2D eigenvalue weighted by Gasteiger charge is -2.28. The number of rotatable bonds is 7. The molecule has 1 heterocycles. The third-order valence-electron chi connectivity index (χ3n) is 5.08. The summed E-state index contributed by atoms with van der Waals surface area (Å²) in [6.07, 6.45) is 4.01. The molecule has 1 N–H and O–H groups in total. The number of amides is 1. The van der Waals surface area contributed by atoms with Crippen LogP contribution in [-0.2, 0) is 14.3 Å². The van der Waals surface area contributed by atoms with Gasteiger partial charge in [0.05, 0.1) is 6.42 Å². The lowest BCUT2D eigenvalue weighted by molar-refractivity contribution is -0.147. The Balaban J connectivity index is 1.41. The first kappa shape index (κ1) is 19.9. The Labute approximate surface area is 166 Å². The van der Waals surface area contributed by atoms with Crippen molar-refractivity contribution >= 4 is 23.3 Å². The lowest BCUT2D eigenvalue weighted by atomic mass is 9.98. The molecule has 5 heteroatoms. The van der Waals surface area contributed by atoms with Gasteiger partial charge in [-0.1, -0.05) is 37.3 Å². The zero-order valence-corrected chi connectivity index (χ0v) is 16.4. The lowest BCUT2D eigenvalue weighted by Crippen LogP contribution is -2.29. The second-order valence-corrected chi connectivity index (χ2v) is 7.32. The number of piperidine rings is 1. The van der Waals surface area contributed by atoms with Gasteiger partial charge in [0.15, 0.2) is 6.61 Å². The van der Waals surface area contributed by atoms with Gasteiger partial charge in [-0.25, -0.2) is 0 Å². The highest BCUT2D eigenvalue weighted by Gasteiger charge is 2.14. The Bertz CT molecular complexity index is 768. The maximum atomic E-state index is 12.1. The third-order valence-corrected chi connectivity index (χ3v) is 5.08. The van der Waals surface area contributed by atoms with Crippen molar-refractivity contribution in [2.75, 3.05) is 29.9 Å². The summed E-state index contributed by atoms with van der Waals surface area (Å²) in [5, 5.41) is 2.78. The fraction of sp³-hybridized carbons (Fsp3) is 0.391. The molecule has 1 amide bonds. The summed E-state index contributed by atoms with van der Waals surface area (Å²) in [6.45, 7) is 3.88. The Kier molecular flexibility index (Phi) is 7.06.